The molecule has 0 aliphatic carbocycles. The molecule has 2 unspecified atom stereocenters. The van der Waals surface area contributed by atoms with E-state index in [9.17, 15) is 0 Å². The lowest BCUT2D eigenvalue weighted by Gasteiger charge is -2.30. The van der Waals surface area contributed by atoms with E-state index < -0.39 is 0 Å². The Kier molecular flexibility index (Phi) is 5.14. The molecule has 2 saturated heterocycles. The lowest BCUT2D eigenvalue weighted by Crippen LogP contribution is -2.36. The zero-order valence-electron chi connectivity index (χ0n) is 16.9. The molecule has 0 bridgehead atoms. The number of nitrogens with one attached hydrogen (secondary N) is 1. The number of rotatable bonds is 4. The lowest BCUT2D eigenvalue weighted by molar-refractivity contribution is 0.122. The number of hydrogen-bond donors (Lipinski definition) is 1. The highest BCUT2D eigenvalue weighted by Crippen LogP contribution is 2.41. The van der Waals surface area contributed by atoms with Crippen LogP contribution < -0.4 is 15.1 Å². The van der Waals surface area contributed by atoms with Crippen LogP contribution in [0.25, 0.3) is 0 Å². The number of aryl methyl sites for hydroxylation is 1. The highest BCUT2D eigenvalue weighted by atomic mass is 32.1. The molecule has 5 rings (SSSR count). The molecule has 4 heterocycles. The molecule has 2 atom stereocenters. The second-order valence-electron chi connectivity index (χ2n) is 7.72. The summed E-state index contributed by atoms with van der Waals surface area (Å²) in [7, 11) is 2.04. The fourth-order valence-electron chi connectivity index (χ4n) is 4.32. The first-order valence-corrected chi connectivity index (χ1v) is 10.7. The molecule has 2 aliphatic heterocycles. The van der Waals surface area contributed by atoms with Crippen molar-refractivity contribution < 1.29 is 4.74 Å². The number of morpholine rings is 1. The average molecular weight is 420 g/mol. The van der Waals surface area contributed by atoms with Crippen LogP contribution in [0.2, 0.25) is 0 Å². The molecular weight excluding hydrogens is 394 g/mol. The summed E-state index contributed by atoms with van der Waals surface area (Å²) in [6.07, 6.45) is 6.07. The topological polar surface area (TPSA) is 45.6 Å². The van der Waals surface area contributed by atoms with Crippen LogP contribution in [0.1, 0.15) is 23.3 Å². The molecule has 3 aromatic rings. The monoisotopic (exact) mass is 419 g/mol. The predicted molar refractivity (Wildman–Crippen MR) is 123 cm³/mol. The van der Waals surface area contributed by atoms with E-state index in [1.807, 2.05) is 25.4 Å². The molecule has 2 fully saturated rings. The van der Waals surface area contributed by atoms with Crippen LogP contribution in [0.4, 0.5) is 11.4 Å². The molecule has 0 amide bonds. The van der Waals surface area contributed by atoms with Crippen LogP contribution in [0.15, 0.2) is 67.1 Å². The van der Waals surface area contributed by atoms with Gasteiger partial charge in [0.2, 0.25) is 0 Å². The highest BCUT2D eigenvalue weighted by Gasteiger charge is 2.41. The van der Waals surface area contributed by atoms with Crippen molar-refractivity contribution in [1.82, 2.24) is 14.9 Å². The van der Waals surface area contributed by atoms with Crippen molar-refractivity contribution >= 4 is 28.7 Å². The number of nitrogens with zero attached hydrogens (tertiary/aromatic N) is 4. The molecule has 0 radical (unpaired) electrons. The molecule has 154 valence electrons. The summed E-state index contributed by atoms with van der Waals surface area (Å²) in [4.78, 5) is 9.18. The summed E-state index contributed by atoms with van der Waals surface area (Å²) in [5, 5.41) is 4.23. The van der Waals surface area contributed by atoms with Gasteiger partial charge in [0.15, 0.2) is 5.11 Å². The van der Waals surface area contributed by atoms with E-state index in [-0.39, 0.29) is 12.1 Å². The van der Waals surface area contributed by atoms with Crippen molar-refractivity contribution in [2.75, 3.05) is 36.1 Å². The van der Waals surface area contributed by atoms with Gasteiger partial charge in [0, 0.05) is 50.1 Å². The van der Waals surface area contributed by atoms with Gasteiger partial charge in [-0.05, 0) is 60.2 Å². The average Bonchev–Trinajstić information content (AvgIpc) is 3.38. The third-order valence-corrected chi connectivity index (χ3v) is 6.11. The van der Waals surface area contributed by atoms with Gasteiger partial charge in [0.05, 0.1) is 31.0 Å². The van der Waals surface area contributed by atoms with Crippen molar-refractivity contribution in [3.8, 4) is 0 Å². The van der Waals surface area contributed by atoms with Crippen molar-refractivity contribution in [2.45, 2.75) is 12.1 Å². The Morgan fingerprint density at radius 3 is 2.47 bits per heavy atom. The van der Waals surface area contributed by atoms with Crippen LogP contribution >= 0.6 is 12.2 Å². The van der Waals surface area contributed by atoms with Gasteiger partial charge in [-0.1, -0.05) is 6.07 Å². The van der Waals surface area contributed by atoms with Gasteiger partial charge in [-0.3, -0.25) is 4.98 Å². The Bertz CT molecular complexity index is 1010. The first kappa shape index (κ1) is 19.1. The number of thiocarbonyl (C=S) groups is 1. The lowest BCUT2D eigenvalue weighted by atomic mass is 9.98. The Hall–Kier alpha value is -2.90. The maximum atomic E-state index is 5.79. The molecule has 30 heavy (non-hydrogen) atoms. The standard InChI is InChI=1S/C23H25N5OS/c1-26-11-9-17(16-26)22-21(20-4-2-3-10-24-20)25-23(30)28(22)19-7-5-18(6-8-19)27-12-14-29-15-13-27/h2-11,16,21-22H,12-15H2,1H3,(H,25,30). The molecule has 1 N–H and O–H groups in total. The van der Waals surface area contributed by atoms with Crippen molar-refractivity contribution in [3.63, 3.8) is 0 Å². The number of ether oxygens (including phenoxy) is 1. The van der Waals surface area contributed by atoms with Gasteiger partial charge in [-0.2, -0.15) is 0 Å². The Balaban J connectivity index is 1.50. The van der Waals surface area contributed by atoms with E-state index >= 15 is 0 Å². The smallest absolute Gasteiger partial charge is 0.174 e. The van der Waals surface area contributed by atoms with Crippen LogP contribution in [0.5, 0.6) is 0 Å². The Morgan fingerprint density at radius 2 is 1.80 bits per heavy atom. The molecular formula is C23H25N5OS. The fraction of sp³-hybridized carbons (Fsp3) is 0.304. The van der Waals surface area contributed by atoms with E-state index in [0.717, 1.165) is 42.8 Å². The summed E-state index contributed by atoms with van der Waals surface area (Å²) in [5.41, 5.74) is 4.49. The first-order chi connectivity index (χ1) is 14.7. The summed E-state index contributed by atoms with van der Waals surface area (Å²) in [5.74, 6) is 0. The third kappa shape index (κ3) is 3.55. The van der Waals surface area contributed by atoms with E-state index in [2.05, 4.69) is 73.5 Å². The van der Waals surface area contributed by atoms with E-state index in [1.54, 1.807) is 0 Å². The number of benzene rings is 1. The maximum absolute atomic E-state index is 5.79. The number of pyridine rings is 1. The zero-order valence-corrected chi connectivity index (χ0v) is 17.8. The summed E-state index contributed by atoms with van der Waals surface area (Å²) < 4.78 is 7.55. The molecule has 0 saturated carbocycles. The minimum atomic E-state index is -0.0139. The summed E-state index contributed by atoms with van der Waals surface area (Å²) in [6.45, 7) is 3.42. The highest BCUT2D eigenvalue weighted by molar-refractivity contribution is 7.80. The van der Waals surface area contributed by atoms with Gasteiger partial charge < -0.3 is 24.4 Å². The van der Waals surface area contributed by atoms with Crippen LogP contribution in [-0.2, 0) is 11.8 Å². The van der Waals surface area contributed by atoms with Gasteiger partial charge in [-0.25, -0.2) is 0 Å². The van der Waals surface area contributed by atoms with Gasteiger partial charge in [-0.15, -0.1) is 0 Å². The number of hydrogen-bond acceptors (Lipinski definition) is 4. The van der Waals surface area contributed by atoms with Crippen LogP contribution in [0, 0.1) is 0 Å². The van der Waals surface area contributed by atoms with Gasteiger partial charge in [0.1, 0.15) is 0 Å². The molecule has 1 aromatic carbocycles. The predicted octanol–water partition coefficient (Wildman–Crippen LogP) is 3.43. The molecule has 2 aliphatic rings. The SMILES string of the molecule is Cn1ccc(C2C(c3ccccn3)NC(=S)N2c2ccc(N3CCOCC3)cc2)c1. The second-order valence-corrected chi connectivity index (χ2v) is 8.11. The number of aromatic nitrogens is 2. The minimum Gasteiger partial charge on any atom is -0.378 e. The van der Waals surface area contributed by atoms with Gasteiger partial charge in [0.25, 0.3) is 0 Å². The van der Waals surface area contributed by atoms with Crippen molar-refractivity contribution in [2.24, 2.45) is 7.05 Å². The molecule has 2 aromatic heterocycles. The minimum absolute atomic E-state index is 0.0139. The third-order valence-electron chi connectivity index (χ3n) is 5.80. The first-order valence-electron chi connectivity index (χ1n) is 10.3. The second kappa shape index (κ2) is 8.08. The summed E-state index contributed by atoms with van der Waals surface area (Å²) in [6, 6.07) is 16.9. The van der Waals surface area contributed by atoms with Crippen molar-refractivity contribution in [1.29, 1.82) is 0 Å². The van der Waals surface area contributed by atoms with E-state index in [4.69, 9.17) is 17.0 Å². The molecule has 0 spiro atoms. The van der Waals surface area contributed by atoms with E-state index in [1.165, 1.54) is 11.3 Å². The van der Waals surface area contributed by atoms with Crippen molar-refractivity contribution in [3.05, 3.63) is 78.4 Å². The zero-order chi connectivity index (χ0) is 20.5. The Morgan fingerprint density at radius 1 is 1.03 bits per heavy atom. The maximum Gasteiger partial charge on any atom is 0.174 e. The normalized spacial score (nSPS) is 21.7. The largest absolute Gasteiger partial charge is 0.378 e. The van der Waals surface area contributed by atoms with Crippen LogP contribution in [-0.4, -0.2) is 41.0 Å². The fourth-order valence-corrected chi connectivity index (χ4v) is 4.66. The number of anilines is 2. The summed E-state index contributed by atoms with van der Waals surface area (Å²) >= 11 is 5.79. The quantitative estimate of drug-likeness (QED) is 0.654. The van der Waals surface area contributed by atoms with Gasteiger partial charge >= 0.3 is 0 Å². The molecule has 6 nitrogen and oxygen atoms in total. The van der Waals surface area contributed by atoms with Crippen LogP contribution in [0.3, 0.4) is 0 Å². The Labute approximate surface area is 182 Å². The molecule has 7 heteroatoms. The van der Waals surface area contributed by atoms with E-state index in [0.29, 0.717) is 0 Å².